The smallest absolute Gasteiger partial charge is 0.255 e. The summed E-state index contributed by atoms with van der Waals surface area (Å²) in [6.45, 7) is 8.05. The number of carbonyl (C=O) groups excluding carboxylic acids is 1. The highest BCUT2D eigenvalue weighted by Crippen LogP contribution is 2.30. The first-order chi connectivity index (χ1) is 14.1. The third kappa shape index (κ3) is 6.68. The number of para-hydroxylation sites is 1. The molecule has 0 heterocycles. The van der Waals surface area contributed by atoms with Gasteiger partial charge >= 0.3 is 0 Å². The molecule has 0 spiro atoms. The fraction of sp³-hybridized carbons (Fsp3) is 0.435. The Morgan fingerprint density at radius 1 is 0.966 bits per heavy atom. The summed E-state index contributed by atoms with van der Waals surface area (Å²) >= 11 is 0. The van der Waals surface area contributed by atoms with Crippen LogP contribution in [0.15, 0.2) is 42.5 Å². The van der Waals surface area contributed by atoms with Gasteiger partial charge in [-0.2, -0.15) is 0 Å². The molecule has 0 aliphatic carbocycles. The van der Waals surface area contributed by atoms with Crippen LogP contribution in [0, 0.1) is 0 Å². The van der Waals surface area contributed by atoms with Crippen molar-refractivity contribution >= 4 is 5.91 Å². The molecule has 0 saturated carbocycles. The van der Waals surface area contributed by atoms with Crippen LogP contribution in [0.3, 0.4) is 0 Å². The molecule has 1 N–H and O–H groups in total. The summed E-state index contributed by atoms with van der Waals surface area (Å²) < 4.78 is 22.1. The van der Waals surface area contributed by atoms with Crippen LogP contribution in [-0.2, 0) is 4.74 Å². The van der Waals surface area contributed by atoms with Crippen molar-refractivity contribution in [3.05, 3.63) is 53.6 Å². The van der Waals surface area contributed by atoms with Gasteiger partial charge in [0.2, 0.25) is 0 Å². The molecule has 1 amide bonds. The highest BCUT2D eigenvalue weighted by atomic mass is 16.5. The molecule has 1 atom stereocenters. The van der Waals surface area contributed by atoms with Crippen LogP contribution in [0.2, 0.25) is 0 Å². The monoisotopic (exact) mass is 401 g/mol. The molecule has 0 aliphatic rings. The molecule has 0 fully saturated rings. The molecule has 1 unspecified atom stereocenters. The Bertz CT molecular complexity index is 778. The predicted octanol–water partition coefficient (Wildman–Crippen LogP) is 4.39. The van der Waals surface area contributed by atoms with Gasteiger partial charge in [0.1, 0.15) is 12.4 Å². The second-order valence-electron chi connectivity index (χ2n) is 6.50. The molecule has 0 bridgehead atoms. The highest BCUT2D eigenvalue weighted by Gasteiger charge is 2.17. The molecule has 2 aromatic carbocycles. The molecule has 2 aromatic rings. The number of amides is 1. The van der Waals surface area contributed by atoms with Crippen molar-refractivity contribution in [3.8, 4) is 17.2 Å². The van der Waals surface area contributed by atoms with Gasteiger partial charge in [-0.3, -0.25) is 4.79 Å². The Morgan fingerprint density at radius 2 is 1.72 bits per heavy atom. The van der Waals surface area contributed by atoms with Crippen molar-refractivity contribution in [2.45, 2.75) is 33.2 Å². The summed E-state index contributed by atoms with van der Waals surface area (Å²) in [5.41, 5.74) is 1.42. The number of nitrogens with one attached hydrogen (secondary N) is 1. The van der Waals surface area contributed by atoms with Crippen molar-refractivity contribution in [2.75, 3.05) is 33.5 Å². The lowest BCUT2D eigenvalue weighted by Gasteiger charge is -2.18. The van der Waals surface area contributed by atoms with E-state index in [1.807, 2.05) is 44.2 Å². The molecule has 2 rings (SSSR count). The molecule has 6 heteroatoms. The second-order valence-corrected chi connectivity index (χ2v) is 6.50. The molecule has 29 heavy (non-hydrogen) atoms. The Kier molecular flexibility index (Phi) is 9.31. The molecule has 0 aromatic heterocycles. The number of hydrogen-bond acceptors (Lipinski definition) is 5. The van der Waals surface area contributed by atoms with Crippen molar-refractivity contribution in [2.24, 2.45) is 0 Å². The number of methoxy groups -OCH3 is 1. The van der Waals surface area contributed by atoms with E-state index in [4.69, 9.17) is 18.9 Å². The van der Waals surface area contributed by atoms with Gasteiger partial charge < -0.3 is 24.3 Å². The number of carbonyl (C=O) groups is 1. The summed E-state index contributed by atoms with van der Waals surface area (Å²) in [6.07, 6.45) is 0.920. The minimum atomic E-state index is -0.215. The molecular weight excluding hydrogens is 370 g/mol. The third-order valence-corrected chi connectivity index (χ3v) is 4.32. The van der Waals surface area contributed by atoms with Gasteiger partial charge in [-0.25, -0.2) is 0 Å². The van der Waals surface area contributed by atoms with Crippen molar-refractivity contribution in [1.29, 1.82) is 0 Å². The van der Waals surface area contributed by atoms with Crippen LogP contribution in [-0.4, -0.2) is 39.4 Å². The largest absolute Gasteiger partial charge is 0.493 e. The van der Waals surface area contributed by atoms with Gasteiger partial charge in [0, 0.05) is 6.61 Å². The first-order valence-electron chi connectivity index (χ1n) is 10.0. The standard InChI is InChI=1S/C23H31NO5/c1-5-13-28-21-12-11-18(16-22(21)26-4)17(3)24-23(25)19-9-7-8-10-20(19)29-15-14-27-6-2/h7-12,16-17H,5-6,13-15H2,1-4H3,(H,24,25). The zero-order chi connectivity index (χ0) is 21.1. The summed E-state index contributed by atoms with van der Waals surface area (Å²) in [5.74, 6) is 1.69. The average molecular weight is 402 g/mol. The van der Waals surface area contributed by atoms with Crippen LogP contribution < -0.4 is 19.5 Å². The summed E-state index contributed by atoms with van der Waals surface area (Å²) in [5, 5.41) is 3.02. The highest BCUT2D eigenvalue weighted by molar-refractivity contribution is 5.97. The Labute approximate surface area is 173 Å². The molecule has 0 radical (unpaired) electrons. The lowest BCUT2D eigenvalue weighted by Crippen LogP contribution is -2.27. The number of rotatable bonds is 12. The van der Waals surface area contributed by atoms with Gasteiger partial charge in [0.05, 0.1) is 31.9 Å². The maximum Gasteiger partial charge on any atom is 0.255 e. The van der Waals surface area contributed by atoms with Crippen LogP contribution >= 0.6 is 0 Å². The van der Waals surface area contributed by atoms with E-state index in [-0.39, 0.29) is 11.9 Å². The Balaban J connectivity index is 2.07. The number of benzene rings is 2. The van der Waals surface area contributed by atoms with E-state index in [1.165, 1.54) is 0 Å². The maximum atomic E-state index is 12.8. The lowest BCUT2D eigenvalue weighted by molar-refractivity contribution is 0.0923. The van der Waals surface area contributed by atoms with Gasteiger partial charge in [-0.15, -0.1) is 0 Å². The fourth-order valence-corrected chi connectivity index (χ4v) is 2.78. The van der Waals surface area contributed by atoms with Crippen LogP contribution in [0.5, 0.6) is 17.2 Å². The minimum absolute atomic E-state index is 0.199. The topological polar surface area (TPSA) is 66.0 Å². The third-order valence-electron chi connectivity index (χ3n) is 4.32. The van der Waals surface area contributed by atoms with Crippen molar-refractivity contribution in [3.63, 3.8) is 0 Å². The molecule has 0 aliphatic heterocycles. The van der Waals surface area contributed by atoms with Gasteiger partial charge in [-0.1, -0.05) is 25.1 Å². The minimum Gasteiger partial charge on any atom is -0.493 e. The molecule has 158 valence electrons. The second kappa shape index (κ2) is 12.0. The summed E-state index contributed by atoms with van der Waals surface area (Å²) in [4.78, 5) is 12.8. The fourth-order valence-electron chi connectivity index (χ4n) is 2.78. The van der Waals surface area contributed by atoms with Crippen LogP contribution in [0.4, 0.5) is 0 Å². The van der Waals surface area contributed by atoms with E-state index in [1.54, 1.807) is 19.2 Å². The summed E-state index contributed by atoms with van der Waals surface area (Å²) in [7, 11) is 1.61. The first kappa shape index (κ1) is 22.6. The maximum absolute atomic E-state index is 12.8. The van der Waals surface area contributed by atoms with Gasteiger partial charge in [0.25, 0.3) is 5.91 Å². The molecule has 0 saturated heterocycles. The first-order valence-corrected chi connectivity index (χ1v) is 10.0. The lowest BCUT2D eigenvalue weighted by atomic mass is 10.1. The van der Waals surface area contributed by atoms with Gasteiger partial charge in [0.15, 0.2) is 11.5 Å². The van der Waals surface area contributed by atoms with Gasteiger partial charge in [-0.05, 0) is 50.1 Å². The van der Waals surface area contributed by atoms with Crippen LogP contribution in [0.1, 0.15) is 49.2 Å². The van der Waals surface area contributed by atoms with Crippen molar-refractivity contribution < 1.29 is 23.7 Å². The molecule has 6 nitrogen and oxygen atoms in total. The van der Waals surface area contributed by atoms with E-state index < -0.39 is 0 Å². The SMILES string of the molecule is CCCOc1ccc(C(C)NC(=O)c2ccccc2OCCOCC)cc1OC. The Hall–Kier alpha value is -2.73. The zero-order valence-electron chi connectivity index (χ0n) is 17.7. The average Bonchev–Trinajstić information content (AvgIpc) is 2.75. The van der Waals surface area contributed by atoms with Crippen LogP contribution in [0.25, 0.3) is 0 Å². The van der Waals surface area contributed by atoms with E-state index in [2.05, 4.69) is 12.2 Å². The predicted molar refractivity (Wildman–Crippen MR) is 113 cm³/mol. The quantitative estimate of drug-likeness (QED) is 0.534. The van der Waals surface area contributed by atoms with E-state index in [9.17, 15) is 4.79 Å². The van der Waals surface area contributed by atoms with E-state index in [0.29, 0.717) is 49.2 Å². The van der Waals surface area contributed by atoms with Crippen molar-refractivity contribution in [1.82, 2.24) is 5.32 Å². The normalized spacial score (nSPS) is 11.6. The Morgan fingerprint density at radius 3 is 2.45 bits per heavy atom. The number of hydrogen-bond donors (Lipinski definition) is 1. The van der Waals surface area contributed by atoms with E-state index in [0.717, 1.165) is 12.0 Å². The van der Waals surface area contributed by atoms with E-state index >= 15 is 0 Å². The number of ether oxygens (including phenoxy) is 4. The molecular formula is C23H31NO5. The zero-order valence-corrected chi connectivity index (χ0v) is 17.7. The summed E-state index contributed by atoms with van der Waals surface area (Å²) in [6, 6.07) is 12.7.